The predicted molar refractivity (Wildman–Crippen MR) is 33.0 cm³/mol. The molecule has 1 saturated carbocycles. The van der Waals surface area contributed by atoms with Crippen molar-refractivity contribution in [3.05, 3.63) is 0 Å². The first kappa shape index (κ1) is 7.54. The molecule has 3 heteroatoms. The molecule has 0 aliphatic heterocycles. The maximum Gasteiger partial charge on any atom is 0.0620 e. The summed E-state index contributed by atoms with van der Waals surface area (Å²) >= 11 is 0. The van der Waals surface area contributed by atoms with E-state index in [-0.39, 0.29) is 0 Å². The highest BCUT2D eigenvalue weighted by Gasteiger charge is 2.23. The average Bonchev–Trinajstić information content (AvgIpc) is 1.88. The molecule has 1 aliphatic rings. The van der Waals surface area contributed by atoms with Gasteiger partial charge in [0, 0.05) is 11.9 Å². The molecule has 0 amide bonds. The number of hydrogen-bond acceptors (Lipinski definition) is 3. The summed E-state index contributed by atoms with van der Waals surface area (Å²) < 4.78 is 0. The Bertz CT molecular complexity index is 133. The van der Waals surface area contributed by atoms with Crippen LogP contribution in [0.4, 0.5) is 0 Å². The molecule has 0 aromatic heterocycles. The highest BCUT2D eigenvalue weighted by atomic mass is 16.4. The normalized spacial score (nSPS) is 33.7. The van der Waals surface area contributed by atoms with Crippen molar-refractivity contribution in [2.24, 2.45) is 5.92 Å². The third kappa shape index (κ3) is 1.48. The van der Waals surface area contributed by atoms with Crippen molar-refractivity contribution in [1.29, 1.82) is 0 Å². The minimum atomic E-state index is -1.10. The molecule has 1 aliphatic carbocycles. The summed E-state index contributed by atoms with van der Waals surface area (Å²) in [4.78, 5) is 10.3. The molecule has 10 heavy (non-hydrogen) atoms. The molecule has 0 unspecified atom stereocenters. The van der Waals surface area contributed by atoms with Crippen LogP contribution in [0.3, 0.4) is 0 Å². The third-order valence-corrected chi connectivity index (χ3v) is 2.03. The van der Waals surface area contributed by atoms with Gasteiger partial charge in [-0.15, -0.1) is 0 Å². The molecular weight excluding hydrogens is 132 g/mol. The summed E-state index contributed by atoms with van der Waals surface area (Å²) in [5.74, 6) is -1.72. The molecule has 0 radical (unpaired) electrons. The summed E-state index contributed by atoms with van der Waals surface area (Å²) in [7, 11) is 0. The summed E-state index contributed by atoms with van der Waals surface area (Å²) in [6.07, 6.45) is 2.35. The van der Waals surface area contributed by atoms with Gasteiger partial charge >= 0.3 is 0 Å². The minimum Gasteiger partial charge on any atom is -0.550 e. The number of aliphatic carboxylic acids is 1. The maximum atomic E-state index is 10.3. The summed E-state index contributed by atoms with van der Waals surface area (Å²) in [6.45, 7) is 0. The van der Waals surface area contributed by atoms with Gasteiger partial charge in [-0.05, 0) is 12.8 Å². The zero-order valence-electron chi connectivity index (χ0n) is 5.75. The number of rotatable bonds is 1. The fraction of sp³-hybridized carbons (Fsp3) is 0.857. The van der Waals surface area contributed by atoms with Crippen LogP contribution in [0.15, 0.2) is 0 Å². The second-order valence-electron chi connectivity index (χ2n) is 2.78. The number of carboxylic acid groups (broad SMARTS) is 1. The third-order valence-electron chi connectivity index (χ3n) is 2.03. The molecular formula is C7H11O3-. The zero-order valence-corrected chi connectivity index (χ0v) is 5.75. The Hall–Kier alpha value is -0.570. The van der Waals surface area contributed by atoms with Crippen LogP contribution in [-0.2, 0) is 4.79 Å². The van der Waals surface area contributed by atoms with Crippen LogP contribution < -0.4 is 5.11 Å². The van der Waals surface area contributed by atoms with E-state index >= 15 is 0 Å². The van der Waals surface area contributed by atoms with Gasteiger partial charge in [-0.25, -0.2) is 0 Å². The molecule has 2 atom stereocenters. The average molecular weight is 143 g/mol. The van der Waals surface area contributed by atoms with Crippen LogP contribution in [0.1, 0.15) is 25.7 Å². The second kappa shape index (κ2) is 3.01. The second-order valence-corrected chi connectivity index (χ2v) is 2.78. The predicted octanol–water partition coefficient (Wildman–Crippen LogP) is -0.713. The van der Waals surface area contributed by atoms with Crippen molar-refractivity contribution in [1.82, 2.24) is 0 Å². The van der Waals surface area contributed by atoms with Crippen molar-refractivity contribution in [3.63, 3.8) is 0 Å². The van der Waals surface area contributed by atoms with Gasteiger partial charge in [0.2, 0.25) is 0 Å². The smallest absolute Gasteiger partial charge is 0.0620 e. The van der Waals surface area contributed by atoms with E-state index in [2.05, 4.69) is 0 Å². The summed E-state index contributed by atoms with van der Waals surface area (Å²) in [5, 5.41) is 19.4. The van der Waals surface area contributed by atoms with E-state index in [1.54, 1.807) is 0 Å². The first-order chi connectivity index (χ1) is 4.72. The van der Waals surface area contributed by atoms with E-state index in [4.69, 9.17) is 5.11 Å². The number of aliphatic hydroxyl groups is 1. The molecule has 58 valence electrons. The Morgan fingerprint density at radius 2 is 2.00 bits per heavy atom. The highest BCUT2D eigenvalue weighted by Crippen LogP contribution is 2.23. The molecule has 0 aromatic rings. The Balaban J connectivity index is 2.47. The number of aliphatic hydroxyl groups excluding tert-OH is 1. The van der Waals surface area contributed by atoms with Gasteiger partial charge in [-0.1, -0.05) is 12.8 Å². The lowest BCUT2D eigenvalue weighted by Crippen LogP contribution is -2.40. The monoisotopic (exact) mass is 143 g/mol. The molecule has 0 heterocycles. The number of carbonyl (C=O) groups is 1. The topological polar surface area (TPSA) is 60.4 Å². The number of carboxylic acids is 1. The van der Waals surface area contributed by atoms with E-state index in [0.29, 0.717) is 12.8 Å². The van der Waals surface area contributed by atoms with Gasteiger partial charge in [0.25, 0.3) is 0 Å². The Kier molecular flexibility index (Phi) is 2.27. The number of hydrogen-bond donors (Lipinski definition) is 1. The van der Waals surface area contributed by atoms with Crippen LogP contribution in [0.2, 0.25) is 0 Å². The van der Waals surface area contributed by atoms with Gasteiger partial charge < -0.3 is 15.0 Å². The van der Waals surface area contributed by atoms with Crippen molar-refractivity contribution >= 4 is 5.97 Å². The van der Waals surface area contributed by atoms with Crippen molar-refractivity contribution in [2.75, 3.05) is 0 Å². The van der Waals surface area contributed by atoms with Crippen LogP contribution in [0, 0.1) is 5.92 Å². The van der Waals surface area contributed by atoms with E-state index in [9.17, 15) is 9.90 Å². The van der Waals surface area contributed by atoms with Gasteiger partial charge in [0.15, 0.2) is 0 Å². The SMILES string of the molecule is O=C([O-])[C@H]1CCCC[C@H]1O. The van der Waals surface area contributed by atoms with E-state index in [1.165, 1.54) is 0 Å². The largest absolute Gasteiger partial charge is 0.550 e. The first-order valence-corrected chi connectivity index (χ1v) is 3.60. The minimum absolute atomic E-state index is 0.573. The van der Waals surface area contributed by atoms with Crippen molar-refractivity contribution in [3.8, 4) is 0 Å². The lowest BCUT2D eigenvalue weighted by atomic mass is 9.87. The molecule has 0 aromatic carbocycles. The molecule has 1 N–H and O–H groups in total. The van der Waals surface area contributed by atoms with Gasteiger partial charge in [0.1, 0.15) is 0 Å². The summed E-state index contributed by atoms with van der Waals surface area (Å²) in [5.41, 5.74) is 0. The van der Waals surface area contributed by atoms with E-state index < -0.39 is 18.0 Å². The Labute approximate surface area is 59.7 Å². The lowest BCUT2D eigenvalue weighted by molar-refractivity contribution is -0.315. The summed E-state index contributed by atoms with van der Waals surface area (Å²) in [6, 6.07) is 0. The van der Waals surface area contributed by atoms with Crippen LogP contribution in [0.25, 0.3) is 0 Å². The number of carbonyl (C=O) groups excluding carboxylic acids is 1. The van der Waals surface area contributed by atoms with Gasteiger partial charge in [-0.3, -0.25) is 0 Å². The molecule has 0 bridgehead atoms. The van der Waals surface area contributed by atoms with Crippen molar-refractivity contribution in [2.45, 2.75) is 31.8 Å². The van der Waals surface area contributed by atoms with Gasteiger partial charge in [-0.2, -0.15) is 0 Å². The fourth-order valence-corrected chi connectivity index (χ4v) is 1.39. The van der Waals surface area contributed by atoms with Gasteiger partial charge in [0.05, 0.1) is 6.10 Å². The van der Waals surface area contributed by atoms with Crippen LogP contribution in [0.5, 0.6) is 0 Å². The lowest BCUT2D eigenvalue weighted by Gasteiger charge is -2.27. The maximum absolute atomic E-state index is 10.3. The molecule has 3 nitrogen and oxygen atoms in total. The van der Waals surface area contributed by atoms with E-state index in [1.807, 2.05) is 0 Å². The highest BCUT2D eigenvalue weighted by molar-refractivity contribution is 5.68. The molecule has 1 fully saturated rings. The zero-order chi connectivity index (χ0) is 7.56. The van der Waals surface area contributed by atoms with Crippen molar-refractivity contribution < 1.29 is 15.0 Å². The fourth-order valence-electron chi connectivity index (χ4n) is 1.39. The molecule has 0 spiro atoms. The molecule has 0 saturated heterocycles. The van der Waals surface area contributed by atoms with E-state index in [0.717, 1.165) is 12.8 Å². The molecule has 1 rings (SSSR count). The quantitative estimate of drug-likeness (QED) is 0.527. The Morgan fingerprint density at radius 1 is 1.40 bits per heavy atom. The first-order valence-electron chi connectivity index (χ1n) is 3.60. The van der Waals surface area contributed by atoms with Crippen LogP contribution >= 0.6 is 0 Å². The Morgan fingerprint density at radius 3 is 2.40 bits per heavy atom. The standard InChI is InChI=1S/C7H12O3/c8-6-4-2-1-3-5(6)7(9)10/h5-6,8H,1-4H2,(H,9,10)/p-1/t5-,6+/m0/s1. The van der Waals surface area contributed by atoms with Crippen LogP contribution in [-0.4, -0.2) is 17.2 Å².